The van der Waals surface area contributed by atoms with Crippen LogP contribution in [0.2, 0.25) is 0 Å². The maximum atomic E-state index is 12.7. The molecular formula is C20H15N3O2. The third-order valence-corrected chi connectivity index (χ3v) is 4.27. The summed E-state index contributed by atoms with van der Waals surface area (Å²) < 4.78 is 0. The van der Waals surface area contributed by atoms with Crippen LogP contribution in [-0.2, 0) is 11.3 Å². The lowest BCUT2D eigenvalue weighted by molar-refractivity contribution is -0.112. The van der Waals surface area contributed by atoms with E-state index in [0.717, 1.165) is 22.4 Å². The number of carbonyl (C=O) groups is 1. The summed E-state index contributed by atoms with van der Waals surface area (Å²) in [6.45, 7) is 0.429. The number of oxime groups is 1. The summed E-state index contributed by atoms with van der Waals surface area (Å²) in [5, 5.41) is 12.6. The highest BCUT2D eigenvalue weighted by Gasteiger charge is 2.34. The predicted octanol–water partition coefficient (Wildman–Crippen LogP) is 3.47. The van der Waals surface area contributed by atoms with Crippen LogP contribution in [0, 0.1) is 0 Å². The molecule has 122 valence electrons. The number of amides is 1. The van der Waals surface area contributed by atoms with Crippen molar-refractivity contribution in [2.75, 3.05) is 4.90 Å². The molecule has 1 aliphatic heterocycles. The zero-order valence-corrected chi connectivity index (χ0v) is 13.3. The molecular weight excluding hydrogens is 314 g/mol. The van der Waals surface area contributed by atoms with Crippen LogP contribution in [0.4, 0.5) is 5.69 Å². The van der Waals surface area contributed by atoms with Crippen molar-refractivity contribution in [1.29, 1.82) is 0 Å². The fourth-order valence-corrected chi connectivity index (χ4v) is 3.05. The third-order valence-electron chi connectivity index (χ3n) is 4.27. The molecule has 5 nitrogen and oxygen atoms in total. The SMILES string of the molecule is O=C1/C(=N/O)c2cc(-c3cccnc3)ccc2N1Cc1ccccc1. The fourth-order valence-electron chi connectivity index (χ4n) is 3.05. The zero-order chi connectivity index (χ0) is 17.2. The number of carbonyl (C=O) groups excluding carboxylic acids is 1. The van der Waals surface area contributed by atoms with Gasteiger partial charge in [-0.25, -0.2) is 0 Å². The van der Waals surface area contributed by atoms with Crippen molar-refractivity contribution in [3.63, 3.8) is 0 Å². The Morgan fingerprint density at radius 2 is 1.84 bits per heavy atom. The molecule has 5 heteroatoms. The number of hydrogen-bond acceptors (Lipinski definition) is 4. The first-order chi connectivity index (χ1) is 12.3. The Kier molecular flexibility index (Phi) is 3.74. The van der Waals surface area contributed by atoms with Crippen LogP contribution < -0.4 is 4.90 Å². The van der Waals surface area contributed by atoms with Gasteiger partial charge in [0.15, 0.2) is 5.71 Å². The minimum absolute atomic E-state index is 0.0664. The number of hydrogen-bond donors (Lipinski definition) is 1. The second-order valence-corrected chi connectivity index (χ2v) is 5.80. The Bertz CT molecular complexity index is 953. The predicted molar refractivity (Wildman–Crippen MR) is 95.6 cm³/mol. The number of anilines is 1. The molecule has 0 spiro atoms. The molecule has 1 aliphatic rings. The van der Waals surface area contributed by atoms with Gasteiger partial charge in [0, 0.05) is 23.5 Å². The Morgan fingerprint density at radius 3 is 2.56 bits per heavy atom. The van der Waals surface area contributed by atoms with Gasteiger partial charge in [-0.1, -0.05) is 47.6 Å². The highest BCUT2D eigenvalue weighted by molar-refractivity contribution is 6.54. The Labute approximate surface area is 144 Å². The number of rotatable bonds is 3. The molecule has 2 aromatic carbocycles. The summed E-state index contributed by atoms with van der Waals surface area (Å²) in [5.74, 6) is -0.301. The maximum Gasteiger partial charge on any atom is 0.281 e. The minimum atomic E-state index is -0.301. The fraction of sp³-hybridized carbons (Fsp3) is 0.0500. The average Bonchev–Trinajstić information content (AvgIpc) is 2.94. The van der Waals surface area contributed by atoms with Gasteiger partial charge in [0.25, 0.3) is 5.91 Å². The van der Waals surface area contributed by atoms with Crippen LogP contribution in [0.5, 0.6) is 0 Å². The monoisotopic (exact) mass is 329 g/mol. The van der Waals surface area contributed by atoms with E-state index in [-0.39, 0.29) is 11.6 Å². The van der Waals surface area contributed by atoms with Crippen LogP contribution >= 0.6 is 0 Å². The van der Waals surface area contributed by atoms with Crippen molar-refractivity contribution in [3.8, 4) is 11.1 Å². The van der Waals surface area contributed by atoms with E-state index in [1.165, 1.54) is 0 Å². The molecule has 0 unspecified atom stereocenters. The van der Waals surface area contributed by atoms with Crippen molar-refractivity contribution in [2.45, 2.75) is 6.54 Å². The molecule has 0 saturated heterocycles. The summed E-state index contributed by atoms with van der Waals surface area (Å²) in [5.41, 5.74) is 4.31. The number of fused-ring (bicyclic) bond motifs is 1. The second-order valence-electron chi connectivity index (χ2n) is 5.80. The van der Waals surface area contributed by atoms with Gasteiger partial charge in [0.1, 0.15) is 0 Å². The van der Waals surface area contributed by atoms with E-state index in [1.54, 1.807) is 17.3 Å². The third kappa shape index (κ3) is 2.65. The number of pyridine rings is 1. The van der Waals surface area contributed by atoms with Gasteiger partial charge in [-0.3, -0.25) is 9.78 Å². The lowest BCUT2D eigenvalue weighted by Crippen LogP contribution is -2.29. The molecule has 25 heavy (non-hydrogen) atoms. The molecule has 0 saturated carbocycles. The Balaban J connectivity index is 1.76. The van der Waals surface area contributed by atoms with Gasteiger partial charge in [-0.05, 0) is 29.3 Å². The number of aromatic nitrogens is 1. The van der Waals surface area contributed by atoms with Gasteiger partial charge < -0.3 is 10.1 Å². The highest BCUT2D eigenvalue weighted by atomic mass is 16.4. The quantitative estimate of drug-likeness (QED) is 0.591. The van der Waals surface area contributed by atoms with E-state index >= 15 is 0 Å². The first kappa shape index (κ1) is 15.1. The van der Waals surface area contributed by atoms with Gasteiger partial charge >= 0.3 is 0 Å². The maximum absolute atomic E-state index is 12.7. The molecule has 1 N–H and O–H groups in total. The first-order valence-corrected chi connectivity index (χ1v) is 7.90. The Hall–Kier alpha value is -3.47. The minimum Gasteiger partial charge on any atom is -0.410 e. The van der Waals surface area contributed by atoms with Crippen molar-refractivity contribution < 1.29 is 10.0 Å². The molecule has 1 aromatic heterocycles. The normalized spacial score (nSPS) is 14.8. The summed E-state index contributed by atoms with van der Waals surface area (Å²) in [4.78, 5) is 18.4. The van der Waals surface area contributed by atoms with E-state index in [9.17, 15) is 10.0 Å². The Morgan fingerprint density at radius 1 is 1.00 bits per heavy atom. The second kappa shape index (κ2) is 6.20. The van der Waals surface area contributed by atoms with Crippen molar-refractivity contribution in [2.24, 2.45) is 5.16 Å². The lowest BCUT2D eigenvalue weighted by atomic mass is 10.0. The average molecular weight is 329 g/mol. The number of nitrogens with zero attached hydrogens (tertiary/aromatic N) is 3. The molecule has 0 aliphatic carbocycles. The standard InChI is InChI=1S/C20H15N3O2/c24-20-19(22-25)17-11-15(16-7-4-10-21-12-16)8-9-18(17)23(20)13-14-5-2-1-3-6-14/h1-12,25H,13H2/b22-19+. The van der Waals surface area contributed by atoms with Crippen LogP contribution in [0.25, 0.3) is 11.1 Å². The van der Waals surface area contributed by atoms with E-state index in [2.05, 4.69) is 10.1 Å². The van der Waals surface area contributed by atoms with Crippen LogP contribution in [0.1, 0.15) is 11.1 Å². The van der Waals surface area contributed by atoms with Gasteiger partial charge in [-0.2, -0.15) is 0 Å². The topological polar surface area (TPSA) is 65.8 Å². The number of benzene rings is 2. The van der Waals surface area contributed by atoms with Crippen molar-refractivity contribution >= 4 is 17.3 Å². The van der Waals surface area contributed by atoms with Crippen molar-refractivity contribution in [3.05, 3.63) is 84.2 Å². The zero-order valence-electron chi connectivity index (χ0n) is 13.3. The smallest absolute Gasteiger partial charge is 0.281 e. The summed E-state index contributed by atoms with van der Waals surface area (Å²) in [6, 6.07) is 19.2. The van der Waals surface area contributed by atoms with Gasteiger partial charge in [-0.15, -0.1) is 0 Å². The molecule has 2 heterocycles. The van der Waals surface area contributed by atoms with Gasteiger partial charge in [0.05, 0.1) is 12.2 Å². The van der Waals surface area contributed by atoms with E-state index in [1.807, 2.05) is 60.7 Å². The molecule has 0 atom stereocenters. The lowest BCUT2D eigenvalue weighted by Gasteiger charge is -2.17. The van der Waals surface area contributed by atoms with Crippen molar-refractivity contribution in [1.82, 2.24) is 4.98 Å². The summed E-state index contributed by atoms with van der Waals surface area (Å²) in [6.07, 6.45) is 3.47. The molecule has 0 fully saturated rings. The van der Waals surface area contributed by atoms with E-state index < -0.39 is 0 Å². The molecule has 4 rings (SSSR count). The first-order valence-electron chi connectivity index (χ1n) is 7.90. The van der Waals surface area contributed by atoms with Crippen LogP contribution in [0.3, 0.4) is 0 Å². The van der Waals surface area contributed by atoms with Crippen LogP contribution in [-0.4, -0.2) is 21.8 Å². The van der Waals surface area contributed by atoms with Gasteiger partial charge in [0.2, 0.25) is 0 Å². The molecule has 3 aromatic rings. The largest absolute Gasteiger partial charge is 0.410 e. The summed E-state index contributed by atoms with van der Waals surface area (Å²) in [7, 11) is 0. The highest BCUT2D eigenvalue weighted by Crippen LogP contribution is 2.34. The molecule has 1 amide bonds. The summed E-state index contributed by atoms with van der Waals surface area (Å²) >= 11 is 0. The van der Waals surface area contributed by atoms with E-state index in [4.69, 9.17) is 0 Å². The molecule has 0 radical (unpaired) electrons. The molecule has 0 bridgehead atoms. The van der Waals surface area contributed by atoms with E-state index in [0.29, 0.717) is 12.1 Å². The van der Waals surface area contributed by atoms with Crippen LogP contribution in [0.15, 0.2) is 78.2 Å².